The highest BCUT2D eigenvalue weighted by atomic mass is 16.2. The lowest BCUT2D eigenvalue weighted by Crippen LogP contribution is -2.41. The first-order valence-electron chi connectivity index (χ1n) is 9.16. The first-order valence-corrected chi connectivity index (χ1v) is 9.16. The maximum Gasteiger partial charge on any atom is 0.325 e. The predicted molar refractivity (Wildman–Crippen MR) is 94.7 cm³/mol. The van der Waals surface area contributed by atoms with Gasteiger partial charge in [0.05, 0.1) is 0 Å². The van der Waals surface area contributed by atoms with Gasteiger partial charge in [-0.3, -0.25) is 9.69 Å². The molecule has 3 amide bonds. The van der Waals surface area contributed by atoms with Crippen molar-refractivity contribution in [3.8, 4) is 0 Å². The molecule has 130 valence electrons. The Bertz CT molecular complexity index is 617. The molecule has 1 atom stereocenters. The van der Waals surface area contributed by atoms with Gasteiger partial charge in [0.15, 0.2) is 0 Å². The van der Waals surface area contributed by atoms with Crippen molar-refractivity contribution in [1.82, 2.24) is 10.2 Å². The third-order valence-electron chi connectivity index (χ3n) is 5.60. The minimum Gasteiger partial charge on any atom is -0.319 e. The van der Waals surface area contributed by atoms with Crippen LogP contribution in [0.4, 0.5) is 4.79 Å². The predicted octanol–water partition coefficient (Wildman–Crippen LogP) is 4.16. The summed E-state index contributed by atoms with van der Waals surface area (Å²) in [6.45, 7) is 6.67. The second kappa shape index (κ2) is 6.58. The van der Waals surface area contributed by atoms with Crippen LogP contribution in [0.1, 0.15) is 69.9 Å². The lowest BCUT2D eigenvalue weighted by Gasteiger charge is -2.26. The standard InChI is InChI=1S/C20H28N2O2/c1-14(2)16-9-11-17(12-10-16)20(3)18(23)22(19(24)21-20)13-15-7-5-4-6-8-15/h9-12,14-15H,4-8,13H2,1-3H3,(H,21,24)/t20-/m1/s1. The fraction of sp³-hybridized carbons (Fsp3) is 0.600. The number of rotatable bonds is 4. The van der Waals surface area contributed by atoms with Crippen molar-refractivity contribution < 1.29 is 9.59 Å². The van der Waals surface area contributed by atoms with Crippen molar-refractivity contribution in [2.75, 3.05) is 6.54 Å². The molecule has 4 nitrogen and oxygen atoms in total. The summed E-state index contributed by atoms with van der Waals surface area (Å²) in [5.41, 5.74) is 1.15. The van der Waals surface area contributed by atoms with Gasteiger partial charge in [-0.25, -0.2) is 4.79 Å². The van der Waals surface area contributed by atoms with Crippen LogP contribution >= 0.6 is 0 Å². The summed E-state index contributed by atoms with van der Waals surface area (Å²) < 4.78 is 0. The monoisotopic (exact) mass is 328 g/mol. The molecule has 1 heterocycles. The summed E-state index contributed by atoms with van der Waals surface area (Å²) in [6, 6.07) is 7.79. The van der Waals surface area contributed by atoms with E-state index in [0.29, 0.717) is 18.4 Å². The summed E-state index contributed by atoms with van der Waals surface area (Å²) in [7, 11) is 0. The molecule has 1 aliphatic carbocycles. The van der Waals surface area contributed by atoms with Crippen molar-refractivity contribution >= 4 is 11.9 Å². The number of imide groups is 1. The van der Waals surface area contributed by atoms with Gasteiger partial charge >= 0.3 is 6.03 Å². The van der Waals surface area contributed by atoms with Crippen LogP contribution in [-0.2, 0) is 10.3 Å². The zero-order valence-corrected chi connectivity index (χ0v) is 15.0. The first kappa shape index (κ1) is 17.0. The van der Waals surface area contributed by atoms with E-state index in [0.717, 1.165) is 18.4 Å². The van der Waals surface area contributed by atoms with Crippen LogP contribution in [0.15, 0.2) is 24.3 Å². The Morgan fingerprint density at radius 1 is 1.12 bits per heavy atom. The molecule has 1 aromatic carbocycles. The highest BCUT2D eigenvalue weighted by Crippen LogP contribution is 2.32. The van der Waals surface area contributed by atoms with Crippen LogP contribution in [0.25, 0.3) is 0 Å². The summed E-state index contributed by atoms with van der Waals surface area (Å²) in [4.78, 5) is 26.8. The van der Waals surface area contributed by atoms with Gasteiger partial charge in [0.1, 0.15) is 5.54 Å². The quantitative estimate of drug-likeness (QED) is 0.844. The molecule has 0 radical (unpaired) electrons. The molecule has 3 rings (SSSR count). The third-order valence-corrected chi connectivity index (χ3v) is 5.60. The number of carbonyl (C=O) groups is 2. The molecule has 1 aromatic rings. The van der Waals surface area contributed by atoms with E-state index in [1.165, 1.54) is 29.7 Å². The number of carbonyl (C=O) groups excluding carboxylic acids is 2. The number of amides is 3. The molecule has 2 fully saturated rings. The lowest BCUT2D eigenvalue weighted by atomic mass is 9.88. The molecular weight excluding hydrogens is 300 g/mol. The van der Waals surface area contributed by atoms with Crippen molar-refractivity contribution in [1.29, 1.82) is 0 Å². The van der Waals surface area contributed by atoms with Crippen LogP contribution in [0.3, 0.4) is 0 Å². The molecule has 1 N–H and O–H groups in total. The average Bonchev–Trinajstić information content (AvgIpc) is 2.80. The molecular formula is C20H28N2O2. The Hall–Kier alpha value is -1.84. The van der Waals surface area contributed by atoms with Crippen LogP contribution in [0.2, 0.25) is 0 Å². The van der Waals surface area contributed by atoms with Crippen molar-refractivity contribution in [2.24, 2.45) is 5.92 Å². The summed E-state index contributed by atoms with van der Waals surface area (Å²) in [6.07, 6.45) is 5.94. The Balaban J connectivity index is 1.78. The first-order chi connectivity index (χ1) is 11.4. The van der Waals surface area contributed by atoms with Gasteiger partial charge in [0.25, 0.3) is 5.91 Å². The summed E-state index contributed by atoms with van der Waals surface area (Å²) >= 11 is 0. The number of urea groups is 1. The minimum absolute atomic E-state index is 0.115. The third kappa shape index (κ3) is 3.06. The minimum atomic E-state index is -0.943. The Morgan fingerprint density at radius 3 is 2.33 bits per heavy atom. The largest absolute Gasteiger partial charge is 0.325 e. The second-order valence-corrected chi connectivity index (χ2v) is 7.75. The normalized spacial score (nSPS) is 25.4. The molecule has 0 spiro atoms. The smallest absolute Gasteiger partial charge is 0.319 e. The summed E-state index contributed by atoms with van der Waals surface area (Å²) in [5, 5.41) is 2.92. The molecule has 0 aromatic heterocycles. The number of nitrogens with one attached hydrogen (secondary N) is 1. The fourth-order valence-electron chi connectivity index (χ4n) is 3.89. The molecule has 1 aliphatic heterocycles. The zero-order chi connectivity index (χ0) is 17.3. The zero-order valence-electron chi connectivity index (χ0n) is 15.0. The van der Waals surface area contributed by atoms with Crippen LogP contribution in [0, 0.1) is 5.92 Å². The van der Waals surface area contributed by atoms with Crippen LogP contribution in [-0.4, -0.2) is 23.4 Å². The highest BCUT2D eigenvalue weighted by molar-refractivity contribution is 6.07. The van der Waals surface area contributed by atoms with Gasteiger partial charge in [-0.15, -0.1) is 0 Å². The van der Waals surface area contributed by atoms with E-state index >= 15 is 0 Å². The second-order valence-electron chi connectivity index (χ2n) is 7.75. The number of hydrogen-bond acceptors (Lipinski definition) is 2. The highest BCUT2D eigenvalue weighted by Gasteiger charge is 2.49. The van der Waals surface area contributed by atoms with E-state index in [4.69, 9.17) is 0 Å². The molecule has 0 bridgehead atoms. The maximum atomic E-state index is 13.0. The van der Waals surface area contributed by atoms with E-state index in [-0.39, 0.29) is 11.9 Å². The molecule has 1 saturated carbocycles. The molecule has 24 heavy (non-hydrogen) atoms. The Morgan fingerprint density at radius 2 is 1.75 bits per heavy atom. The SMILES string of the molecule is CC(C)c1ccc([C@@]2(C)NC(=O)N(CC3CCCCC3)C2=O)cc1. The van der Waals surface area contributed by atoms with Gasteiger partial charge in [-0.1, -0.05) is 57.4 Å². The van der Waals surface area contributed by atoms with E-state index in [2.05, 4.69) is 31.3 Å². The van der Waals surface area contributed by atoms with Gasteiger partial charge in [-0.2, -0.15) is 0 Å². The van der Waals surface area contributed by atoms with Crippen LogP contribution < -0.4 is 5.32 Å². The number of benzene rings is 1. The lowest BCUT2D eigenvalue weighted by molar-refractivity contribution is -0.131. The van der Waals surface area contributed by atoms with E-state index < -0.39 is 5.54 Å². The molecule has 1 saturated heterocycles. The Kier molecular flexibility index (Phi) is 4.66. The van der Waals surface area contributed by atoms with E-state index in [1.807, 2.05) is 19.1 Å². The van der Waals surface area contributed by atoms with Crippen LogP contribution in [0.5, 0.6) is 0 Å². The topological polar surface area (TPSA) is 49.4 Å². The summed E-state index contributed by atoms with van der Waals surface area (Å²) in [5.74, 6) is 0.790. The molecule has 2 aliphatic rings. The van der Waals surface area contributed by atoms with Gasteiger partial charge in [0, 0.05) is 6.54 Å². The van der Waals surface area contributed by atoms with Gasteiger partial charge in [-0.05, 0) is 42.7 Å². The van der Waals surface area contributed by atoms with Crippen molar-refractivity contribution in [3.05, 3.63) is 35.4 Å². The maximum absolute atomic E-state index is 13.0. The number of hydrogen-bond donors (Lipinski definition) is 1. The van der Waals surface area contributed by atoms with E-state index in [1.54, 1.807) is 0 Å². The molecule has 4 heteroatoms. The van der Waals surface area contributed by atoms with E-state index in [9.17, 15) is 9.59 Å². The average molecular weight is 328 g/mol. The van der Waals surface area contributed by atoms with Crippen molar-refractivity contribution in [3.63, 3.8) is 0 Å². The molecule has 0 unspecified atom stereocenters. The van der Waals surface area contributed by atoms with Gasteiger partial charge < -0.3 is 5.32 Å². The fourth-order valence-corrected chi connectivity index (χ4v) is 3.89. The number of nitrogens with zero attached hydrogens (tertiary/aromatic N) is 1. The van der Waals surface area contributed by atoms with Gasteiger partial charge in [0.2, 0.25) is 0 Å². The van der Waals surface area contributed by atoms with Crippen molar-refractivity contribution in [2.45, 2.75) is 64.3 Å². The Labute approximate surface area is 144 Å².